The van der Waals surface area contributed by atoms with Crippen LogP contribution in [0.1, 0.15) is 32.1 Å². The van der Waals surface area contributed by atoms with Gasteiger partial charge in [-0.05, 0) is 32.0 Å². The third-order valence-electron chi connectivity index (χ3n) is 4.17. The minimum atomic E-state index is -0.476. The largest absolute Gasteiger partial charge is 0.335 e. The third-order valence-corrected chi connectivity index (χ3v) is 4.50. The number of rotatable bonds is 6. The Kier molecular flexibility index (Phi) is 7.87. The van der Waals surface area contributed by atoms with Crippen molar-refractivity contribution in [3.63, 3.8) is 0 Å². The highest BCUT2D eigenvalue weighted by Gasteiger charge is 2.18. The Hall–Kier alpha value is -2.12. The Balaban J connectivity index is 1.69. The minimum Gasteiger partial charge on any atom is -0.335 e. The summed E-state index contributed by atoms with van der Waals surface area (Å²) >= 11 is 5.99. The summed E-state index contributed by atoms with van der Waals surface area (Å²) in [4.78, 5) is 37.3. The van der Waals surface area contributed by atoms with E-state index in [-0.39, 0.29) is 25.0 Å². The first-order valence-corrected chi connectivity index (χ1v) is 9.15. The zero-order valence-electron chi connectivity index (χ0n) is 14.9. The Morgan fingerprint density at radius 3 is 2.42 bits per heavy atom. The molecule has 0 aliphatic heterocycles. The molecule has 3 N–H and O–H groups in total. The molecule has 0 radical (unpaired) electrons. The molecule has 1 aromatic carbocycles. The van der Waals surface area contributed by atoms with E-state index in [0.717, 1.165) is 25.7 Å². The Morgan fingerprint density at radius 2 is 1.73 bits per heavy atom. The van der Waals surface area contributed by atoms with E-state index in [9.17, 15) is 14.4 Å². The number of para-hydroxylation sites is 1. The molecule has 0 spiro atoms. The van der Waals surface area contributed by atoms with Gasteiger partial charge in [-0.3, -0.25) is 19.8 Å². The fraction of sp³-hybridized carbons (Fsp3) is 0.500. The standard InChI is InChI=1S/C18H25ClN4O3/c1-23(11-16(24)21-15-10-6-5-9-14(15)19)12-17(25)22-18(26)20-13-7-3-2-4-8-13/h5-6,9-10,13H,2-4,7-8,11-12H2,1H3,(H,21,24)(H2,20,22,25,26). The highest BCUT2D eigenvalue weighted by Crippen LogP contribution is 2.20. The summed E-state index contributed by atoms with van der Waals surface area (Å²) in [5.41, 5.74) is 0.517. The molecule has 1 aliphatic carbocycles. The van der Waals surface area contributed by atoms with Crippen LogP contribution in [0.3, 0.4) is 0 Å². The van der Waals surface area contributed by atoms with Gasteiger partial charge in [-0.25, -0.2) is 4.79 Å². The molecule has 0 saturated heterocycles. The van der Waals surface area contributed by atoms with E-state index in [0.29, 0.717) is 10.7 Å². The lowest BCUT2D eigenvalue weighted by atomic mass is 9.96. The normalized spacial score (nSPS) is 14.7. The first-order valence-electron chi connectivity index (χ1n) is 8.77. The fourth-order valence-electron chi connectivity index (χ4n) is 2.93. The first-order chi connectivity index (χ1) is 12.4. The van der Waals surface area contributed by atoms with Gasteiger partial charge in [0, 0.05) is 6.04 Å². The number of hydrogen-bond donors (Lipinski definition) is 3. The summed E-state index contributed by atoms with van der Waals surface area (Å²) in [6, 6.07) is 6.57. The van der Waals surface area contributed by atoms with E-state index in [1.54, 1.807) is 31.3 Å². The Bertz CT molecular complexity index is 647. The lowest BCUT2D eigenvalue weighted by Crippen LogP contribution is -2.48. The topological polar surface area (TPSA) is 90.5 Å². The summed E-state index contributed by atoms with van der Waals surface area (Å²) in [5.74, 6) is -0.744. The van der Waals surface area contributed by atoms with Crippen LogP contribution in [0.5, 0.6) is 0 Å². The van der Waals surface area contributed by atoms with Crippen LogP contribution in [0.25, 0.3) is 0 Å². The number of nitrogens with one attached hydrogen (secondary N) is 3. The highest BCUT2D eigenvalue weighted by atomic mass is 35.5. The van der Waals surface area contributed by atoms with Crippen LogP contribution in [0.4, 0.5) is 10.5 Å². The maximum Gasteiger partial charge on any atom is 0.321 e. The number of likely N-dealkylation sites (N-methyl/N-ethyl adjacent to an activating group) is 1. The van der Waals surface area contributed by atoms with Crippen LogP contribution in [-0.2, 0) is 9.59 Å². The lowest BCUT2D eigenvalue weighted by Gasteiger charge is -2.23. The molecule has 8 heteroatoms. The number of imide groups is 1. The summed E-state index contributed by atoms with van der Waals surface area (Å²) in [6.07, 6.45) is 5.29. The van der Waals surface area contributed by atoms with E-state index in [1.807, 2.05) is 0 Å². The zero-order valence-corrected chi connectivity index (χ0v) is 15.6. The smallest absolute Gasteiger partial charge is 0.321 e. The van der Waals surface area contributed by atoms with Crippen molar-refractivity contribution in [2.75, 3.05) is 25.5 Å². The van der Waals surface area contributed by atoms with Gasteiger partial charge in [-0.1, -0.05) is 43.0 Å². The molecule has 2 rings (SSSR count). The van der Waals surface area contributed by atoms with E-state index in [4.69, 9.17) is 11.6 Å². The van der Waals surface area contributed by atoms with Crippen molar-refractivity contribution in [1.29, 1.82) is 0 Å². The van der Waals surface area contributed by atoms with Crippen molar-refractivity contribution in [1.82, 2.24) is 15.5 Å². The molecule has 142 valence electrons. The van der Waals surface area contributed by atoms with Crippen LogP contribution in [0.2, 0.25) is 5.02 Å². The number of carbonyl (C=O) groups excluding carboxylic acids is 3. The number of benzene rings is 1. The summed E-state index contributed by atoms with van der Waals surface area (Å²) < 4.78 is 0. The van der Waals surface area contributed by atoms with Crippen molar-refractivity contribution in [2.24, 2.45) is 0 Å². The molecule has 7 nitrogen and oxygen atoms in total. The Morgan fingerprint density at radius 1 is 1.08 bits per heavy atom. The Labute approximate surface area is 158 Å². The maximum absolute atomic E-state index is 12.0. The number of urea groups is 1. The molecule has 1 aliphatic rings. The van der Waals surface area contributed by atoms with Crippen LogP contribution in [0, 0.1) is 0 Å². The van der Waals surface area contributed by atoms with E-state index in [2.05, 4.69) is 16.0 Å². The van der Waals surface area contributed by atoms with E-state index >= 15 is 0 Å². The van der Waals surface area contributed by atoms with Crippen LogP contribution in [-0.4, -0.2) is 48.9 Å². The molecular formula is C18H25ClN4O3. The molecular weight excluding hydrogens is 356 g/mol. The number of anilines is 1. The van der Waals surface area contributed by atoms with Gasteiger partial charge in [-0.15, -0.1) is 0 Å². The predicted octanol–water partition coefficient (Wildman–Crippen LogP) is 2.37. The second-order valence-electron chi connectivity index (χ2n) is 6.56. The molecule has 1 fully saturated rings. The molecule has 0 heterocycles. The maximum atomic E-state index is 12.0. The van der Waals surface area contributed by atoms with E-state index < -0.39 is 11.9 Å². The number of carbonyl (C=O) groups is 3. The average molecular weight is 381 g/mol. The molecule has 0 bridgehead atoms. The summed E-state index contributed by atoms with van der Waals surface area (Å²) in [6.45, 7) is -0.0586. The van der Waals surface area contributed by atoms with Gasteiger partial charge in [0.15, 0.2) is 0 Å². The molecule has 0 aromatic heterocycles. The second-order valence-corrected chi connectivity index (χ2v) is 6.96. The summed E-state index contributed by atoms with van der Waals surface area (Å²) in [7, 11) is 1.63. The number of nitrogens with zero attached hydrogens (tertiary/aromatic N) is 1. The van der Waals surface area contributed by atoms with Crippen LogP contribution >= 0.6 is 11.6 Å². The number of hydrogen-bond acceptors (Lipinski definition) is 4. The molecule has 26 heavy (non-hydrogen) atoms. The number of amides is 4. The van der Waals surface area contributed by atoms with Crippen LogP contribution < -0.4 is 16.0 Å². The fourth-order valence-corrected chi connectivity index (χ4v) is 3.12. The SMILES string of the molecule is CN(CC(=O)NC(=O)NC1CCCCC1)CC(=O)Nc1ccccc1Cl. The molecule has 1 aromatic rings. The van der Waals surface area contributed by atoms with Gasteiger partial charge in [0.05, 0.1) is 23.8 Å². The average Bonchev–Trinajstić information content (AvgIpc) is 2.57. The van der Waals surface area contributed by atoms with Crippen molar-refractivity contribution in [3.05, 3.63) is 29.3 Å². The molecule has 1 saturated carbocycles. The van der Waals surface area contributed by atoms with Gasteiger partial charge in [0.1, 0.15) is 0 Å². The van der Waals surface area contributed by atoms with Gasteiger partial charge < -0.3 is 10.6 Å². The van der Waals surface area contributed by atoms with Crippen molar-refractivity contribution in [2.45, 2.75) is 38.1 Å². The zero-order chi connectivity index (χ0) is 18.9. The van der Waals surface area contributed by atoms with Crippen molar-refractivity contribution in [3.8, 4) is 0 Å². The first kappa shape index (κ1) is 20.2. The van der Waals surface area contributed by atoms with Crippen LogP contribution in [0.15, 0.2) is 24.3 Å². The minimum absolute atomic E-state index is 0.00286. The lowest BCUT2D eigenvalue weighted by molar-refractivity contribution is -0.122. The monoisotopic (exact) mass is 380 g/mol. The molecule has 4 amide bonds. The number of halogens is 1. The van der Waals surface area contributed by atoms with E-state index in [1.165, 1.54) is 11.3 Å². The molecule has 0 atom stereocenters. The highest BCUT2D eigenvalue weighted by molar-refractivity contribution is 6.33. The predicted molar refractivity (Wildman–Crippen MR) is 101 cm³/mol. The third kappa shape index (κ3) is 7.01. The molecule has 0 unspecified atom stereocenters. The van der Waals surface area contributed by atoms with Gasteiger partial charge in [0.25, 0.3) is 0 Å². The van der Waals surface area contributed by atoms with Gasteiger partial charge in [-0.2, -0.15) is 0 Å². The second kappa shape index (κ2) is 10.1. The van der Waals surface area contributed by atoms with Gasteiger partial charge >= 0.3 is 6.03 Å². The van der Waals surface area contributed by atoms with Gasteiger partial charge in [0.2, 0.25) is 11.8 Å². The van der Waals surface area contributed by atoms with Crippen molar-refractivity contribution < 1.29 is 14.4 Å². The quantitative estimate of drug-likeness (QED) is 0.706. The summed E-state index contributed by atoms with van der Waals surface area (Å²) in [5, 5.41) is 8.26. The van der Waals surface area contributed by atoms with Crippen molar-refractivity contribution >= 4 is 35.1 Å².